The van der Waals surface area contributed by atoms with Crippen LogP contribution in [0.3, 0.4) is 0 Å². The van der Waals surface area contributed by atoms with Crippen molar-refractivity contribution < 1.29 is 9.84 Å². The van der Waals surface area contributed by atoms with Crippen LogP contribution in [0, 0.1) is 0 Å². The van der Waals surface area contributed by atoms with E-state index < -0.39 is 0 Å². The third kappa shape index (κ3) is 2.47. The number of hydrogen-bond donors (Lipinski definition) is 1. The van der Waals surface area contributed by atoms with E-state index in [0.29, 0.717) is 12.1 Å². The molecule has 0 bridgehead atoms. The summed E-state index contributed by atoms with van der Waals surface area (Å²) < 4.78 is 5.62. The lowest BCUT2D eigenvalue weighted by Gasteiger charge is -2.37. The predicted molar refractivity (Wildman–Crippen MR) is 55.2 cm³/mol. The average molecular weight is 199 g/mol. The molecule has 2 rings (SSSR count). The highest BCUT2D eigenvalue weighted by atomic mass is 16.5. The van der Waals surface area contributed by atoms with E-state index in [9.17, 15) is 5.11 Å². The van der Waals surface area contributed by atoms with Gasteiger partial charge in [0, 0.05) is 25.7 Å². The molecule has 3 unspecified atom stereocenters. The van der Waals surface area contributed by atoms with Crippen LogP contribution in [0.15, 0.2) is 0 Å². The van der Waals surface area contributed by atoms with E-state index in [1.165, 1.54) is 12.8 Å². The monoisotopic (exact) mass is 199 g/mol. The van der Waals surface area contributed by atoms with E-state index in [4.69, 9.17) is 4.74 Å². The van der Waals surface area contributed by atoms with Gasteiger partial charge in [-0.2, -0.15) is 0 Å². The quantitative estimate of drug-likeness (QED) is 0.720. The third-order valence-corrected chi connectivity index (χ3v) is 3.45. The smallest absolute Gasteiger partial charge is 0.0702 e. The van der Waals surface area contributed by atoms with Gasteiger partial charge in [-0.3, -0.25) is 4.90 Å². The Morgan fingerprint density at radius 1 is 1.36 bits per heavy atom. The van der Waals surface area contributed by atoms with Crippen molar-refractivity contribution in [2.24, 2.45) is 0 Å². The SMILES string of the molecule is CC1CCC(O)CN1CC1CCCO1. The Balaban J connectivity index is 1.82. The van der Waals surface area contributed by atoms with Gasteiger partial charge in [-0.1, -0.05) is 0 Å². The second kappa shape index (κ2) is 4.60. The summed E-state index contributed by atoms with van der Waals surface area (Å²) in [5, 5.41) is 9.59. The van der Waals surface area contributed by atoms with Gasteiger partial charge in [0.05, 0.1) is 12.2 Å². The highest BCUT2D eigenvalue weighted by molar-refractivity contribution is 4.81. The number of likely N-dealkylation sites (tertiary alicyclic amines) is 1. The molecule has 0 radical (unpaired) electrons. The van der Waals surface area contributed by atoms with Crippen molar-refractivity contribution in [2.45, 2.75) is 50.9 Å². The maximum Gasteiger partial charge on any atom is 0.0702 e. The van der Waals surface area contributed by atoms with Crippen molar-refractivity contribution in [3.63, 3.8) is 0 Å². The summed E-state index contributed by atoms with van der Waals surface area (Å²) in [7, 11) is 0. The van der Waals surface area contributed by atoms with Crippen molar-refractivity contribution >= 4 is 0 Å². The lowest BCUT2D eigenvalue weighted by Crippen LogP contribution is -2.47. The molecule has 2 aliphatic rings. The Morgan fingerprint density at radius 3 is 2.93 bits per heavy atom. The van der Waals surface area contributed by atoms with Gasteiger partial charge in [0.15, 0.2) is 0 Å². The van der Waals surface area contributed by atoms with Crippen molar-refractivity contribution in [1.82, 2.24) is 4.90 Å². The second-order valence-corrected chi connectivity index (χ2v) is 4.67. The molecular weight excluding hydrogens is 178 g/mol. The van der Waals surface area contributed by atoms with Crippen LogP contribution in [-0.4, -0.2) is 48.0 Å². The minimum atomic E-state index is -0.118. The van der Waals surface area contributed by atoms with Gasteiger partial charge in [-0.25, -0.2) is 0 Å². The first-order chi connectivity index (χ1) is 6.75. The molecule has 2 aliphatic heterocycles. The maximum atomic E-state index is 9.59. The van der Waals surface area contributed by atoms with Crippen LogP contribution in [0.1, 0.15) is 32.6 Å². The molecule has 2 heterocycles. The van der Waals surface area contributed by atoms with Crippen LogP contribution in [0.4, 0.5) is 0 Å². The summed E-state index contributed by atoms with van der Waals surface area (Å²) in [6, 6.07) is 0.614. The summed E-state index contributed by atoms with van der Waals surface area (Å²) in [4.78, 5) is 2.38. The number of piperidine rings is 1. The number of nitrogens with zero attached hydrogens (tertiary/aromatic N) is 1. The van der Waals surface area contributed by atoms with E-state index in [-0.39, 0.29) is 6.10 Å². The van der Waals surface area contributed by atoms with Crippen LogP contribution >= 0.6 is 0 Å². The van der Waals surface area contributed by atoms with Crippen LogP contribution in [-0.2, 0) is 4.74 Å². The first-order valence-electron chi connectivity index (χ1n) is 5.79. The Morgan fingerprint density at radius 2 is 2.21 bits per heavy atom. The first kappa shape index (κ1) is 10.4. The van der Waals surface area contributed by atoms with Gasteiger partial charge >= 0.3 is 0 Å². The van der Waals surface area contributed by atoms with Gasteiger partial charge in [-0.05, 0) is 32.6 Å². The normalized spacial score (nSPS) is 40.3. The van der Waals surface area contributed by atoms with Gasteiger partial charge in [0.2, 0.25) is 0 Å². The van der Waals surface area contributed by atoms with Crippen molar-refractivity contribution in [3.8, 4) is 0 Å². The maximum absolute atomic E-state index is 9.59. The molecule has 0 aliphatic carbocycles. The van der Waals surface area contributed by atoms with Gasteiger partial charge in [0.25, 0.3) is 0 Å². The largest absolute Gasteiger partial charge is 0.392 e. The fourth-order valence-electron chi connectivity index (χ4n) is 2.46. The van der Waals surface area contributed by atoms with E-state index >= 15 is 0 Å². The Labute approximate surface area is 86.0 Å². The van der Waals surface area contributed by atoms with Crippen molar-refractivity contribution in [2.75, 3.05) is 19.7 Å². The summed E-state index contributed by atoms with van der Waals surface area (Å²) >= 11 is 0. The van der Waals surface area contributed by atoms with Gasteiger partial charge in [0.1, 0.15) is 0 Å². The minimum Gasteiger partial charge on any atom is -0.392 e. The van der Waals surface area contributed by atoms with Gasteiger partial charge in [-0.15, -0.1) is 0 Å². The fraction of sp³-hybridized carbons (Fsp3) is 1.00. The number of hydrogen-bond acceptors (Lipinski definition) is 3. The number of aliphatic hydroxyl groups is 1. The molecule has 0 amide bonds. The molecule has 2 saturated heterocycles. The number of aliphatic hydroxyl groups excluding tert-OH is 1. The average Bonchev–Trinajstić information content (AvgIpc) is 2.64. The number of ether oxygens (including phenoxy) is 1. The lowest BCUT2D eigenvalue weighted by molar-refractivity contribution is 0.00419. The molecule has 14 heavy (non-hydrogen) atoms. The second-order valence-electron chi connectivity index (χ2n) is 4.67. The van der Waals surface area contributed by atoms with Crippen LogP contribution < -0.4 is 0 Å². The van der Waals surface area contributed by atoms with Crippen LogP contribution in [0.2, 0.25) is 0 Å². The van der Waals surface area contributed by atoms with E-state index in [0.717, 1.165) is 32.5 Å². The molecule has 0 aromatic heterocycles. The number of rotatable bonds is 2. The molecule has 3 nitrogen and oxygen atoms in total. The molecule has 1 N–H and O–H groups in total. The molecular formula is C11H21NO2. The molecule has 0 saturated carbocycles. The van der Waals surface area contributed by atoms with Crippen LogP contribution in [0.25, 0.3) is 0 Å². The summed E-state index contributed by atoms with van der Waals surface area (Å²) in [5.41, 5.74) is 0. The van der Waals surface area contributed by atoms with Crippen molar-refractivity contribution in [1.29, 1.82) is 0 Å². The molecule has 3 heteroatoms. The molecule has 2 fully saturated rings. The zero-order chi connectivity index (χ0) is 9.97. The molecule has 0 aromatic carbocycles. The standard InChI is InChI=1S/C11H21NO2/c1-9-4-5-10(13)7-12(9)8-11-3-2-6-14-11/h9-11,13H,2-8H2,1H3. The van der Waals surface area contributed by atoms with Gasteiger partial charge < -0.3 is 9.84 Å². The highest BCUT2D eigenvalue weighted by Crippen LogP contribution is 2.20. The molecule has 0 aromatic rings. The van der Waals surface area contributed by atoms with Crippen LogP contribution in [0.5, 0.6) is 0 Å². The van der Waals surface area contributed by atoms with E-state index in [2.05, 4.69) is 11.8 Å². The first-order valence-corrected chi connectivity index (χ1v) is 5.79. The highest BCUT2D eigenvalue weighted by Gasteiger charge is 2.27. The zero-order valence-corrected chi connectivity index (χ0v) is 8.98. The van der Waals surface area contributed by atoms with E-state index in [1.807, 2.05) is 0 Å². The third-order valence-electron chi connectivity index (χ3n) is 3.45. The topological polar surface area (TPSA) is 32.7 Å². The summed E-state index contributed by atoms with van der Waals surface area (Å²) in [5.74, 6) is 0. The van der Waals surface area contributed by atoms with Crippen molar-refractivity contribution in [3.05, 3.63) is 0 Å². The number of β-amino-alcohol motifs (C(OH)–C–C–N with tert-alkyl or cyclic N) is 1. The zero-order valence-electron chi connectivity index (χ0n) is 8.98. The van der Waals surface area contributed by atoms with E-state index in [1.54, 1.807) is 0 Å². The molecule has 82 valence electrons. The molecule has 0 spiro atoms. The molecule has 3 atom stereocenters. The lowest BCUT2D eigenvalue weighted by atomic mass is 10.0. The summed E-state index contributed by atoms with van der Waals surface area (Å²) in [6.07, 6.45) is 4.78. The summed E-state index contributed by atoms with van der Waals surface area (Å²) in [6.45, 7) is 5.02. The fourth-order valence-corrected chi connectivity index (χ4v) is 2.46. The Bertz CT molecular complexity index is 180. The Hall–Kier alpha value is -0.120. The minimum absolute atomic E-state index is 0.118. The Kier molecular flexibility index (Phi) is 3.42. The predicted octanol–water partition coefficient (Wildman–Crippen LogP) is 1.01.